The van der Waals surface area contributed by atoms with Crippen molar-refractivity contribution >= 4 is 24.2 Å². The molecule has 198 valence electrons. The molecule has 0 unspecified atom stereocenters. The third-order valence-electron chi connectivity index (χ3n) is 5.10. The monoisotopic (exact) mass is 514 g/mol. The van der Waals surface area contributed by atoms with Crippen LogP contribution in [0.1, 0.15) is 59.5 Å². The summed E-state index contributed by atoms with van der Waals surface area (Å²) in [6.07, 6.45) is 3.10. The lowest BCUT2D eigenvalue weighted by Gasteiger charge is -2.08. The van der Waals surface area contributed by atoms with E-state index in [-0.39, 0.29) is 11.8 Å². The van der Waals surface area contributed by atoms with Crippen LogP contribution < -0.4 is 20.3 Å². The Morgan fingerprint density at radius 3 is 1.29 bits per heavy atom. The number of carbonyl (C=O) groups is 2. The highest BCUT2D eigenvalue weighted by atomic mass is 16.5. The second-order valence-electron chi connectivity index (χ2n) is 9.52. The zero-order valence-electron chi connectivity index (χ0n) is 22.2. The molecule has 0 aliphatic heterocycles. The van der Waals surface area contributed by atoms with E-state index >= 15 is 0 Å². The third kappa shape index (κ3) is 9.54. The van der Waals surface area contributed by atoms with Crippen molar-refractivity contribution in [2.75, 3.05) is 13.2 Å². The Labute approximate surface area is 223 Å². The molecular weight excluding hydrogens is 480 g/mol. The lowest BCUT2D eigenvalue weighted by molar-refractivity contribution is 0.0947. The van der Waals surface area contributed by atoms with E-state index < -0.39 is 0 Å². The normalized spacial score (nSPS) is 11.3. The Morgan fingerprint density at radius 2 is 0.974 bits per heavy atom. The van der Waals surface area contributed by atoms with E-state index in [1.54, 1.807) is 61.0 Å². The minimum absolute atomic E-state index is 0.311. The molecule has 8 nitrogen and oxygen atoms in total. The van der Waals surface area contributed by atoms with Gasteiger partial charge in [0.1, 0.15) is 11.5 Å². The zero-order chi connectivity index (χ0) is 27.3. The lowest BCUT2D eigenvalue weighted by atomic mass is 10.2. The maximum Gasteiger partial charge on any atom is 0.271 e. The van der Waals surface area contributed by atoms with E-state index in [9.17, 15) is 9.59 Å². The standard InChI is InChI=1S/C30H34N4O4/c1-21(2)19-37-27-13-9-25(10-14-27)29(35)33-31-17-23-5-7-24(8-6-23)18-32-34-30(36)26-11-15-28(16-12-26)38-20-22(3)4/h5-18,21-22H,19-20H2,1-4H3,(H,33,35)(H,34,36)/b31-17+,32-18+. The van der Waals surface area contributed by atoms with E-state index in [1.165, 1.54) is 0 Å². The van der Waals surface area contributed by atoms with Gasteiger partial charge in [-0.15, -0.1) is 0 Å². The summed E-state index contributed by atoms with van der Waals surface area (Å²) in [7, 11) is 0. The fraction of sp³-hybridized carbons (Fsp3) is 0.267. The third-order valence-corrected chi connectivity index (χ3v) is 5.10. The first-order chi connectivity index (χ1) is 18.3. The summed E-state index contributed by atoms with van der Waals surface area (Å²) in [4.78, 5) is 24.6. The van der Waals surface area contributed by atoms with Crippen molar-refractivity contribution in [2.45, 2.75) is 27.7 Å². The average molecular weight is 515 g/mol. The van der Waals surface area contributed by atoms with Gasteiger partial charge in [-0.3, -0.25) is 9.59 Å². The van der Waals surface area contributed by atoms with E-state index in [2.05, 4.69) is 48.7 Å². The number of hydrogen-bond donors (Lipinski definition) is 2. The van der Waals surface area contributed by atoms with Crippen LogP contribution in [0.25, 0.3) is 0 Å². The molecule has 0 aliphatic carbocycles. The molecule has 8 heteroatoms. The van der Waals surface area contributed by atoms with Gasteiger partial charge in [0.15, 0.2) is 0 Å². The van der Waals surface area contributed by atoms with Crippen molar-refractivity contribution in [1.29, 1.82) is 0 Å². The Morgan fingerprint density at radius 1 is 0.632 bits per heavy atom. The molecule has 0 radical (unpaired) electrons. The average Bonchev–Trinajstić information content (AvgIpc) is 2.92. The molecule has 0 heterocycles. The van der Waals surface area contributed by atoms with Crippen LogP contribution >= 0.6 is 0 Å². The van der Waals surface area contributed by atoms with Crippen molar-refractivity contribution in [1.82, 2.24) is 10.9 Å². The summed E-state index contributed by atoms with van der Waals surface area (Å²) in [6.45, 7) is 9.55. The van der Waals surface area contributed by atoms with Crippen LogP contribution in [0, 0.1) is 11.8 Å². The molecule has 0 atom stereocenters. The molecular formula is C30H34N4O4. The number of amides is 2. The predicted octanol–water partition coefficient (Wildman–Crippen LogP) is 5.28. The van der Waals surface area contributed by atoms with Crippen LogP contribution in [0.4, 0.5) is 0 Å². The van der Waals surface area contributed by atoms with E-state index in [0.717, 1.165) is 22.6 Å². The predicted molar refractivity (Wildman–Crippen MR) is 150 cm³/mol. The van der Waals surface area contributed by atoms with Crippen molar-refractivity contribution in [3.63, 3.8) is 0 Å². The molecule has 0 aliphatic rings. The fourth-order valence-electron chi connectivity index (χ4n) is 3.06. The van der Waals surface area contributed by atoms with E-state index in [0.29, 0.717) is 36.2 Å². The Hall–Kier alpha value is -4.46. The maximum atomic E-state index is 12.3. The fourth-order valence-corrected chi connectivity index (χ4v) is 3.06. The largest absolute Gasteiger partial charge is 0.493 e. The molecule has 0 aromatic heterocycles. The zero-order valence-corrected chi connectivity index (χ0v) is 22.2. The topological polar surface area (TPSA) is 101 Å². The Kier molecular flexibility index (Phi) is 10.6. The van der Waals surface area contributed by atoms with Crippen LogP contribution in [0.2, 0.25) is 0 Å². The molecule has 3 rings (SSSR count). The highest BCUT2D eigenvalue weighted by Crippen LogP contribution is 2.14. The number of hydrogen-bond acceptors (Lipinski definition) is 6. The van der Waals surface area contributed by atoms with Crippen molar-refractivity contribution < 1.29 is 19.1 Å². The van der Waals surface area contributed by atoms with Crippen LogP contribution in [0.5, 0.6) is 11.5 Å². The van der Waals surface area contributed by atoms with Gasteiger partial charge in [0.05, 0.1) is 25.6 Å². The van der Waals surface area contributed by atoms with Gasteiger partial charge in [-0.25, -0.2) is 10.9 Å². The molecule has 3 aromatic carbocycles. The van der Waals surface area contributed by atoms with Crippen molar-refractivity contribution in [2.24, 2.45) is 22.0 Å². The van der Waals surface area contributed by atoms with Gasteiger partial charge < -0.3 is 9.47 Å². The van der Waals surface area contributed by atoms with Gasteiger partial charge in [0.25, 0.3) is 11.8 Å². The minimum Gasteiger partial charge on any atom is -0.493 e. The number of ether oxygens (including phenoxy) is 2. The van der Waals surface area contributed by atoms with Gasteiger partial charge in [0, 0.05) is 11.1 Å². The highest BCUT2D eigenvalue weighted by Gasteiger charge is 2.06. The summed E-state index contributed by atoms with van der Waals surface area (Å²) in [6, 6.07) is 21.2. The lowest BCUT2D eigenvalue weighted by Crippen LogP contribution is -2.17. The second kappa shape index (κ2) is 14.3. The molecule has 38 heavy (non-hydrogen) atoms. The van der Waals surface area contributed by atoms with Gasteiger partial charge in [-0.2, -0.15) is 10.2 Å². The molecule has 2 amide bonds. The van der Waals surface area contributed by atoms with Gasteiger partial charge in [0.2, 0.25) is 0 Å². The van der Waals surface area contributed by atoms with Crippen LogP contribution in [0.3, 0.4) is 0 Å². The molecule has 0 bridgehead atoms. The van der Waals surface area contributed by atoms with Crippen LogP contribution in [-0.2, 0) is 0 Å². The summed E-state index contributed by atoms with van der Waals surface area (Å²) in [5.41, 5.74) is 7.60. The molecule has 0 fully saturated rings. The summed E-state index contributed by atoms with van der Waals surface area (Å²) in [5.74, 6) is 1.69. The van der Waals surface area contributed by atoms with Crippen molar-refractivity contribution in [3.8, 4) is 11.5 Å². The smallest absolute Gasteiger partial charge is 0.271 e. The Bertz CT molecular complexity index is 1130. The number of benzene rings is 3. The second-order valence-corrected chi connectivity index (χ2v) is 9.52. The first-order valence-corrected chi connectivity index (χ1v) is 12.5. The van der Waals surface area contributed by atoms with Crippen molar-refractivity contribution in [3.05, 3.63) is 95.1 Å². The van der Waals surface area contributed by atoms with Gasteiger partial charge in [-0.05, 0) is 71.5 Å². The number of hydrazone groups is 2. The first kappa shape index (κ1) is 28.1. The summed E-state index contributed by atoms with van der Waals surface area (Å²) in [5, 5.41) is 8.04. The quantitative estimate of drug-likeness (QED) is 0.253. The summed E-state index contributed by atoms with van der Waals surface area (Å²) >= 11 is 0. The van der Waals surface area contributed by atoms with Crippen LogP contribution in [0.15, 0.2) is 83.0 Å². The van der Waals surface area contributed by atoms with E-state index in [4.69, 9.17) is 9.47 Å². The minimum atomic E-state index is -0.311. The van der Waals surface area contributed by atoms with Gasteiger partial charge >= 0.3 is 0 Å². The SMILES string of the molecule is CC(C)COc1ccc(C(=O)N/N=C/c2ccc(/C=N/NC(=O)c3ccc(OCC(C)C)cc3)cc2)cc1. The van der Waals surface area contributed by atoms with Crippen LogP contribution in [-0.4, -0.2) is 37.5 Å². The molecule has 2 N–H and O–H groups in total. The van der Waals surface area contributed by atoms with Gasteiger partial charge in [-0.1, -0.05) is 52.0 Å². The molecule has 0 saturated heterocycles. The maximum absolute atomic E-state index is 12.3. The molecule has 3 aromatic rings. The summed E-state index contributed by atoms with van der Waals surface area (Å²) < 4.78 is 11.3. The number of nitrogens with one attached hydrogen (secondary N) is 2. The molecule has 0 spiro atoms. The highest BCUT2D eigenvalue weighted by molar-refractivity contribution is 5.96. The number of nitrogens with zero attached hydrogens (tertiary/aromatic N) is 2. The molecule has 0 saturated carbocycles. The van der Waals surface area contributed by atoms with E-state index in [1.807, 2.05) is 24.3 Å². The number of rotatable bonds is 12. The number of carbonyl (C=O) groups excluding carboxylic acids is 2. The Balaban J connectivity index is 1.44. The first-order valence-electron chi connectivity index (χ1n) is 12.5.